The maximum absolute atomic E-state index is 12.1. The molecule has 3 nitrogen and oxygen atoms in total. The molecule has 1 aliphatic heterocycles. The first-order chi connectivity index (χ1) is 8.69. The first kappa shape index (κ1) is 15.8. The molecular weight excluding hydrogens is 250 g/mol. The van der Waals surface area contributed by atoms with Gasteiger partial charge in [-0.1, -0.05) is 32.6 Å². The molecule has 1 amide bonds. The van der Waals surface area contributed by atoms with Crippen LogP contribution in [0.4, 0.5) is 0 Å². The van der Waals surface area contributed by atoms with Crippen molar-refractivity contribution < 1.29 is 9.53 Å². The Morgan fingerprint density at radius 1 is 1.33 bits per heavy atom. The third kappa shape index (κ3) is 5.15. The van der Waals surface area contributed by atoms with E-state index in [-0.39, 0.29) is 18.1 Å². The van der Waals surface area contributed by atoms with Gasteiger partial charge >= 0.3 is 0 Å². The summed E-state index contributed by atoms with van der Waals surface area (Å²) in [6.07, 6.45) is 6.61. The maximum atomic E-state index is 12.1. The lowest BCUT2D eigenvalue weighted by Gasteiger charge is -2.37. The number of morpholine rings is 1. The van der Waals surface area contributed by atoms with Crippen LogP contribution in [0.25, 0.3) is 0 Å². The first-order valence-electron chi connectivity index (χ1n) is 7.16. The second-order valence-electron chi connectivity index (χ2n) is 5.17. The molecule has 0 aromatic rings. The topological polar surface area (TPSA) is 29.5 Å². The number of ether oxygens (including phenoxy) is 1. The summed E-state index contributed by atoms with van der Waals surface area (Å²) in [6.45, 7) is 5.50. The van der Waals surface area contributed by atoms with Crippen LogP contribution in [0.5, 0.6) is 0 Å². The van der Waals surface area contributed by atoms with Crippen molar-refractivity contribution in [1.82, 2.24) is 4.90 Å². The summed E-state index contributed by atoms with van der Waals surface area (Å²) < 4.78 is 5.55. The van der Waals surface area contributed by atoms with E-state index in [9.17, 15) is 4.79 Å². The highest BCUT2D eigenvalue weighted by Gasteiger charge is 2.28. The van der Waals surface area contributed by atoms with Gasteiger partial charge in [-0.05, 0) is 13.3 Å². The molecule has 4 heteroatoms. The number of carbonyl (C=O) groups excluding carboxylic acids is 1. The average Bonchev–Trinajstić information content (AvgIpc) is 2.39. The highest BCUT2D eigenvalue weighted by molar-refractivity contribution is 6.18. The van der Waals surface area contributed by atoms with Crippen molar-refractivity contribution in [2.24, 2.45) is 0 Å². The summed E-state index contributed by atoms with van der Waals surface area (Å²) in [7, 11) is 0. The molecule has 0 saturated carbocycles. The number of nitrogens with zero attached hydrogens (tertiary/aromatic N) is 1. The van der Waals surface area contributed by atoms with Crippen molar-refractivity contribution in [1.29, 1.82) is 0 Å². The standard InChI is InChI=1S/C14H26ClNO2/c1-3-4-5-6-7-8-14(17)16-10-13(9-15)18-11-12(16)2/h12-13H,3-11H2,1-2H3. The minimum absolute atomic E-state index is 0.00640. The molecule has 1 saturated heterocycles. The lowest BCUT2D eigenvalue weighted by molar-refractivity contribution is -0.143. The Bertz CT molecular complexity index is 248. The second-order valence-corrected chi connectivity index (χ2v) is 5.48. The third-order valence-electron chi connectivity index (χ3n) is 3.49. The van der Waals surface area contributed by atoms with Crippen LogP contribution >= 0.6 is 11.6 Å². The Labute approximate surface area is 116 Å². The zero-order valence-electron chi connectivity index (χ0n) is 11.7. The van der Waals surface area contributed by atoms with Gasteiger partial charge in [-0.15, -0.1) is 11.6 Å². The first-order valence-corrected chi connectivity index (χ1v) is 7.69. The van der Waals surface area contributed by atoms with Crippen LogP contribution in [-0.2, 0) is 9.53 Å². The predicted molar refractivity (Wildman–Crippen MR) is 75.0 cm³/mol. The number of hydrogen-bond acceptors (Lipinski definition) is 2. The molecular formula is C14H26ClNO2. The average molecular weight is 276 g/mol. The van der Waals surface area contributed by atoms with Crippen LogP contribution in [0.15, 0.2) is 0 Å². The van der Waals surface area contributed by atoms with Crippen LogP contribution in [0.2, 0.25) is 0 Å². The number of rotatable bonds is 7. The van der Waals surface area contributed by atoms with Crippen LogP contribution < -0.4 is 0 Å². The summed E-state index contributed by atoms with van der Waals surface area (Å²) in [4.78, 5) is 14.1. The Balaban J connectivity index is 2.26. The fourth-order valence-electron chi connectivity index (χ4n) is 2.28. The molecule has 2 unspecified atom stereocenters. The molecule has 18 heavy (non-hydrogen) atoms. The lowest BCUT2D eigenvalue weighted by Crippen LogP contribution is -2.51. The largest absolute Gasteiger partial charge is 0.373 e. The Hall–Kier alpha value is -0.280. The zero-order valence-corrected chi connectivity index (χ0v) is 12.4. The van der Waals surface area contributed by atoms with Crippen molar-refractivity contribution in [2.45, 2.75) is 64.5 Å². The van der Waals surface area contributed by atoms with Gasteiger partial charge in [0.15, 0.2) is 0 Å². The molecule has 1 heterocycles. The third-order valence-corrected chi connectivity index (χ3v) is 3.84. The molecule has 1 fully saturated rings. The molecule has 1 rings (SSSR count). The highest BCUT2D eigenvalue weighted by atomic mass is 35.5. The van der Waals surface area contributed by atoms with Crippen molar-refractivity contribution in [3.05, 3.63) is 0 Å². The number of unbranched alkanes of at least 4 members (excludes halogenated alkanes) is 4. The van der Waals surface area contributed by atoms with Crippen LogP contribution in [-0.4, -0.2) is 42.0 Å². The monoisotopic (exact) mass is 275 g/mol. The molecule has 106 valence electrons. The summed E-state index contributed by atoms with van der Waals surface area (Å²) in [5.41, 5.74) is 0. The smallest absolute Gasteiger partial charge is 0.222 e. The number of carbonyl (C=O) groups is 1. The van der Waals surface area contributed by atoms with Gasteiger partial charge in [0.05, 0.1) is 24.6 Å². The van der Waals surface area contributed by atoms with Gasteiger partial charge < -0.3 is 9.64 Å². The SMILES string of the molecule is CCCCCCCC(=O)N1CC(CCl)OCC1C. The molecule has 0 aromatic carbocycles. The van der Waals surface area contributed by atoms with Gasteiger partial charge in [-0.2, -0.15) is 0 Å². The summed E-state index contributed by atoms with van der Waals surface area (Å²) in [6, 6.07) is 0.188. The van der Waals surface area contributed by atoms with E-state index in [0.717, 1.165) is 12.8 Å². The van der Waals surface area contributed by atoms with Gasteiger partial charge in [0.25, 0.3) is 0 Å². The van der Waals surface area contributed by atoms with Crippen molar-refractivity contribution in [3.63, 3.8) is 0 Å². The molecule has 2 atom stereocenters. The van der Waals surface area contributed by atoms with Gasteiger partial charge in [0.1, 0.15) is 0 Å². The summed E-state index contributed by atoms with van der Waals surface area (Å²) in [5, 5.41) is 0. The van der Waals surface area contributed by atoms with Gasteiger partial charge in [-0.3, -0.25) is 4.79 Å². The van der Waals surface area contributed by atoms with Crippen molar-refractivity contribution in [3.8, 4) is 0 Å². The van der Waals surface area contributed by atoms with Crippen molar-refractivity contribution in [2.75, 3.05) is 19.0 Å². The normalized spacial score (nSPS) is 24.3. The van der Waals surface area contributed by atoms with Gasteiger partial charge in [-0.25, -0.2) is 0 Å². The minimum atomic E-state index is 0.00640. The molecule has 0 spiro atoms. The molecule has 0 bridgehead atoms. The van der Waals surface area contributed by atoms with Crippen LogP contribution in [0, 0.1) is 0 Å². The molecule has 0 radical (unpaired) electrons. The van der Waals surface area contributed by atoms with E-state index in [4.69, 9.17) is 16.3 Å². The van der Waals surface area contributed by atoms with E-state index >= 15 is 0 Å². The fourth-order valence-corrected chi connectivity index (χ4v) is 2.47. The number of alkyl halides is 1. The second kappa shape index (κ2) is 8.76. The quantitative estimate of drug-likeness (QED) is 0.527. The summed E-state index contributed by atoms with van der Waals surface area (Å²) in [5.74, 6) is 0.727. The van der Waals surface area contributed by atoms with Crippen molar-refractivity contribution >= 4 is 17.5 Å². The lowest BCUT2D eigenvalue weighted by atomic mass is 10.1. The fraction of sp³-hybridized carbons (Fsp3) is 0.929. The van der Waals surface area contributed by atoms with E-state index in [1.54, 1.807) is 0 Å². The molecule has 1 aliphatic rings. The molecule has 0 N–H and O–H groups in total. The van der Waals surface area contributed by atoms with Crippen LogP contribution in [0.1, 0.15) is 52.4 Å². The number of halogens is 1. The van der Waals surface area contributed by atoms with E-state index in [0.29, 0.717) is 25.5 Å². The van der Waals surface area contributed by atoms with E-state index in [1.165, 1.54) is 19.3 Å². The Morgan fingerprint density at radius 3 is 2.72 bits per heavy atom. The Kier molecular flexibility index (Phi) is 7.68. The van der Waals surface area contributed by atoms with Gasteiger partial charge in [0.2, 0.25) is 5.91 Å². The van der Waals surface area contributed by atoms with Crippen LogP contribution in [0.3, 0.4) is 0 Å². The van der Waals surface area contributed by atoms with Gasteiger partial charge in [0, 0.05) is 13.0 Å². The number of hydrogen-bond donors (Lipinski definition) is 0. The Morgan fingerprint density at radius 2 is 2.06 bits per heavy atom. The number of amides is 1. The van der Waals surface area contributed by atoms with E-state index in [2.05, 4.69) is 6.92 Å². The molecule has 0 aromatic heterocycles. The maximum Gasteiger partial charge on any atom is 0.222 e. The highest BCUT2D eigenvalue weighted by Crippen LogP contribution is 2.15. The zero-order chi connectivity index (χ0) is 13.4. The van der Waals surface area contributed by atoms with E-state index < -0.39 is 0 Å². The predicted octanol–water partition coefficient (Wildman–Crippen LogP) is 3.20. The van der Waals surface area contributed by atoms with E-state index in [1.807, 2.05) is 11.8 Å². The summed E-state index contributed by atoms with van der Waals surface area (Å²) >= 11 is 5.80. The molecule has 0 aliphatic carbocycles. The minimum Gasteiger partial charge on any atom is -0.373 e.